The molecule has 2 heterocycles. The molecule has 0 aliphatic rings. The molecule has 0 unspecified atom stereocenters. The topological polar surface area (TPSA) is 64.1 Å². The Morgan fingerprint density at radius 3 is 2.80 bits per heavy atom. The summed E-state index contributed by atoms with van der Waals surface area (Å²) in [6.45, 7) is 4.75. The third-order valence-corrected chi connectivity index (χ3v) is 4.77. The number of nitrogens with one attached hydrogen (secondary N) is 1. The number of nitrogens with zero attached hydrogens (tertiary/aromatic N) is 2. The quantitative estimate of drug-likeness (QED) is 0.731. The van der Waals surface area contributed by atoms with Gasteiger partial charge in [0.1, 0.15) is 9.88 Å². The summed E-state index contributed by atoms with van der Waals surface area (Å²) in [7, 11) is 0. The van der Waals surface area contributed by atoms with Crippen molar-refractivity contribution in [2.45, 2.75) is 20.4 Å². The number of ether oxygens (including phenoxy) is 1. The van der Waals surface area contributed by atoms with Crippen molar-refractivity contribution in [3.8, 4) is 16.5 Å². The molecular weight excluding hydrogens is 334 g/mol. The van der Waals surface area contributed by atoms with Gasteiger partial charge < -0.3 is 10.1 Å². The molecule has 0 aliphatic carbocycles. The second kappa shape index (κ2) is 7.90. The van der Waals surface area contributed by atoms with Crippen LogP contribution in [0.5, 0.6) is 5.88 Å². The molecule has 0 aliphatic heterocycles. The van der Waals surface area contributed by atoms with Gasteiger partial charge in [-0.15, -0.1) is 11.3 Å². The van der Waals surface area contributed by atoms with E-state index in [2.05, 4.69) is 15.3 Å². The zero-order valence-corrected chi connectivity index (χ0v) is 15.0. The van der Waals surface area contributed by atoms with Gasteiger partial charge in [-0.05, 0) is 25.5 Å². The van der Waals surface area contributed by atoms with Gasteiger partial charge in [-0.2, -0.15) is 0 Å². The average molecular weight is 353 g/mol. The van der Waals surface area contributed by atoms with Crippen LogP contribution in [-0.4, -0.2) is 22.5 Å². The van der Waals surface area contributed by atoms with Crippen LogP contribution in [0.3, 0.4) is 0 Å². The Kier molecular flexibility index (Phi) is 5.40. The lowest BCUT2D eigenvalue weighted by Gasteiger charge is -2.06. The fraction of sp³-hybridized carbons (Fsp3) is 0.211. The van der Waals surface area contributed by atoms with Crippen LogP contribution in [0, 0.1) is 6.92 Å². The van der Waals surface area contributed by atoms with E-state index < -0.39 is 0 Å². The second-order valence-electron chi connectivity index (χ2n) is 5.42. The number of rotatable bonds is 6. The molecule has 1 aromatic carbocycles. The van der Waals surface area contributed by atoms with Crippen molar-refractivity contribution in [2.75, 3.05) is 6.61 Å². The highest BCUT2D eigenvalue weighted by molar-refractivity contribution is 7.17. The molecule has 0 atom stereocenters. The van der Waals surface area contributed by atoms with Crippen molar-refractivity contribution in [1.29, 1.82) is 0 Å². The number of aryl methyl sites for hydroxylation is 1. The minimum absolute atomic E-state index is 0.119. The summed E-state index contributed by atoms with van der Waals surface area (Å²) in [6, 6.07) is 13.6. The Bertz CT molecular complexity index is 862. The van der Waals surface area contributed by atoms with E-state index in [0.717, 1.165) is 21.8 Å². The van der Waals surface area contributed by atoms with Gasteiger partial charge in [0.25, 0.3) is 5.91 Å². The van der Waals surface area contributed by atoms with E-state index in [1.54, 1.807) is 6.20 Å². The number of thiazole rings is 1. The number of pyridine rings is 1. The first-order chi connectivity index (χ1) is 12.2. The number of carbonyl (C=O) groups is 1. The van der Waals surface area contributed by atoms with Crippen LogP contribution < -0.4 is 10.1 Å². The molecule has 0 spiro atoms. The molecule has 5 nitrogen and oxygen atoms in total. The summed E-state index contributed by atoms with van der Waals surface area (Å²) < 4.78 is 5.38. The minimum atomic E-state index is -0.119. The van der Waals surface area contributed by atoms with E-state index in [4.69, 9.17) is 4.74 Å². The number of hydrogen-bond acceptors (Lipinski definition) is 5. The Morgan fingerprint density at radius 1 is 1.24 bits per heavy atom. The predicted molar refractivity (Wildman–Crippen MR) is 98.9 cm³/mol. The van der Waals surface area contributed by atoms with Crippen LogP contribution >= 0.6 is 11.3 Å². The summed E-state index contributed by atoms with van der Waals surface area (Å²) >= 11 is 1.41. The highest BCUT2D eigenvalue weighted by Gasteiger charge is 2.16. The summed E-state index contributed by atoms with van der Waals surface area (Å²) in [6.07, 6.45) is 1.68. The molecule has 0 saturated carbocycles. The average Bonchev–Trinajstić information content (AvgIpc) is 3.03. The SMILES string of the molecule is CCOc1cc(CNC(=O)c2sc(-c3ccccc3)nc2C)ccn1. The van der Waals surface area contributed by atoms with Crippen molar-refractivity contribution in [2.24, 2.45) is 0 Å². The maximum atomic E-state index is 12.5. The second-order valence-corrected chi connectivity index (χ2v) is 6.42. The highest BCUT2D eigenvalue weighted by atomic mass is 32.1. The van der Waals surface area contributed by atoms with E-state index in [1.807, 2.05) is 56.3 Å². The molecule has 0 saturated heterocycles. The molecule has 3 rings (SSSR count). The molecule has 6 heteroatoms. The van der Waals surface area contributed by atoms with E-state index in [0.29, 0.717) is 23.9 Å². The maximum absolute atomic E-state index is 12.5. The fourth-order valence-corrected chi connectivity index (χ4v) is 3.35. The number of aromatic nitrogens is 2. The molecule has 3 aromatic rings. The predicted octanol–water partition coefficient (Wildman–Crippen LogP) is 3.84. The molecule has 0 fully saturated rings. The standard InChI is InChI=1S/C19H19N3O2S/c1-3-24-16-11-14(9-10-20-16)12-21-18(23)17-13(2)22-19(25-17)15-7-5-4-6-8-15/h4-11H,3,12H2,1-2H3,(H,21,23). The number of amides is 1. The number of carbonyl (C=O) groups excluding carboxylic acids is 1. The van der Waals surface area contributed by atoms with Crippen molar-refractivity contribution < 1.29 is 9.53 Å². The smallest absolute Gasteiger partial charge is 0.263 e. The maximum Gasteiger partial charge on any atom is 0.263 e. The third kappa shape index (κ3) is 4.22. The molecular formula is C19H19N3O2S. The van der Waals surface area contributed by atoms with E-state index in [-0.39, 0.29) is 5.91 Å². The zero-order valence-electron chi connectivity index (χ0n) is 14.2. The normalized spacial score (nSPS) is 10.5. The van der Waals surface area contributed by atoms with Crippen LogP contribution in [0.1, 0.15) is 27.9 Å². The van der Waals surface area contributed by atoms with Gasteiger partial charge in [-0.1, -0.05) is 30.3 Å². The van der Waals surface area contributed by atoms with Gasteiger partial charge in [-0.3, -0.25) is 4.79 Å². The minimum Gasteiger partial charge on any atom is -0.478 e. The summed E-state index contributed by atoms with van der Waals surface area (Å²) in [5.74, 6) is 0.446. The molecule has 1 N–H and O–H groups in total. The lowest BCUT2D eigenvalue weighted by Crippen LogP contribution is -2.22. The third-order valence-electron chi connectivity index (χ3n) is 3.57. The van der Waals surface area contributed by atoms with E-state index in [1.165, 1.54) is 11.3 Å². The Morgan fingerprint density at radius 2 is 2.04 bits per heavy atom. The largest absolute Gasteiger partial charge is 0.478 e. The lowest BCUT2D eigenvalue weighted by molar-refractivity contribution is 0.0954. The number of benzene rings is 1. The van der Waals surface area contributed by atoms with Crippen LogP contribution in [0.15, 0.2) is 48.7 Å². The van der Waals surface area contributed by atoms with Crippen LogP contribution in [0.2, 0.25) is 0 Å². The molecule has 0 bridgehead atoms. The Labute approximate surface area is 150 Å². The van der Waals surface area contributed by atoms with Crippen LogP contribution in [-0.2, 0) is 6.54 Å². The fourth-order valence-electron chi connectivity index (χ4n) is 2.36. The molecule has 1 amide bonds. The first-order valence-electron chi connectivity index (χ1n) is 8.06. The van der Waals surface area contributed by atoms with Crippen molar-refractivity contribution >= 4 is 17.2 Å². The molecule has 0 radical (unpaired) electrons. The highest BCUT2D eigenvalue weighted by Crippen LogP contribution is 2.27. The summed E-state index contributed by atoms with van der Waals surface area (Å²) in [4.78, 5) is 21.8. The van der Waals surface area contributed by atoms with E-state index in [9.17, 15) is 4.79 Å². The van der Waals surface area contributed by atoms with Gasteiger partial charge in [0, 0.05) is 24.4 Å². The van der Waals surface area contributed by atoms with Gasteiger partial charge in [0.2, 0.25) is 5.88 Å². The molecule has 2 aromatic heterocycles. The van der Waals surface area contributed by atoms with Crippen LogP contribution in [0.4, 0.5) is 0 Å². The van der Waals surface area contributed by atoms with Crippen molar-refractivity contribution in [3.05, 3.63) is 64.8 Å². The first kappa shape index (κ1) is 17.1. The van der Waals surface area contributed by atoms with Gasteiger partial charge in [-0.25, -0.2) is 9.97 Å². The van der Waals surface area contributed by atoms with E-state index >= 15 is 0 Å². The molecule has 128 valence electrons. The van der Waals surface area contributed by atoms with Crippen LogP contribution in [0.25, 0.3) is 10.6 Å². The first-order valence-corrected chi connectivity index (χ1v) is 8.87. The zero-order chi connectivity index (χ0) is 17.6. The van der Waals surface area contributed by atoms with Gasteiger partial charge in [0.15, 0.2) is 0 Å². The summed E-state index contributed by atoms with van der Waals surface area (Å²) in [5, 5.41) is 3.79. The lowest BCUT2D eigenvalue weighted by atomic mass is 10.2. The Balaban J connectivity index is 1.69. The Hall–Kier alpha value is -2.73. The number of hydrogen-bond donors (Lipinski definition) is 1. The van der Waals surface area contributed by atoms with Gasteiger partial charge >= 0.3 is 0 Å². The monoisotopic (exact) mass is 353 g/mol. The van der Waals surface area contributed by atoms with Crippen molar-refractivity contribution in [3.63, 3.8) is 0 Å². The van der Waals surface area contributed by atoms with Crippen molar-refractivity contribution in [1.82, 2.24) is 15.3 Å². The molecule has 25 heavy (non-hydrogen) atoms. The summed E-state index contributed by atoms with van der Waals surface area (Å²) in [5.41, 5.74) is 2.70. The van der Waals surface area contributed by atoms with Gasteiger partial charge in [0.05, 0.1) is 12.3 Å².